The van der Waals surface area contributed by atoms with Crippen molar-refractivity contribution >= 4 is 0 Å². The van der Waals surface area contributed by atoms with E-state index in [1.54, 1.807) is 7.05 Å². The highest BCUT2D eigenvalue weighted by molar-refractivity contribution is 4.65. The molecule has 0 N–H and O–H groups in total. The Morgan fingerprint density at radius 3 is 2.54 bits per heavy atom. The van der Waals surface area contributed by atoms with E-state index in [-0.39, 0.29) is 5.69 Å². The van der Waals surface area contributed by atoms with Crippen LogP contribution in [0.4, 0.5) is 0 Å². The average molecular weight is 187 g/mol. The molecule has 0 saturated carbocycles. The number of aryl methyl sites for hydroxylation is 1. The van der Waals surface area contributed by atoms with Crippen LogP contribution in [-0.2, 0) is 23.1 Å². The molecule has 0 unspecified atom stereocenters. The van der Waals surface area contributed by atoms with Crippen molar-refractivity contribution in [2.45, 2.75) is 12.8 Å². The molecule has 6 nitrogen and oxygen atoms in total. The Labute approximate surface area is 75.7 Å². The van der Waals surface area contributed by atoms with E-state index < -0.39 is 6.29 Å². The van der Waals surface area contributed by atoms with Gasteiger partial charge in [0.2, 0.25) is 0 Å². The molecule has 6 heteroatoms. The third-order valence-corrected chi connectivity index (χ3v) is 1.73. The summed E-state index contributed by atoms with van der Waals surface area (Å²) < 4.78 is 12.6. The minimum Gasteiger partial charge on any atom is -0.354 e. The zero-order chi connectivity index (χ0) is 9.84. The molecular formula is C7H13N3O3. The molecule has 0 bridgehead atoms. The standard InChI is InChI=1S/C7H13N3O3/c1-9-5-8-10(7(9)11)4-6(12-2)13-3/h5-6H,4H2,1-3H3. The van der Waals surface area contributed by atoms with Gasteiger partial charge in [0.25, 0.3) is 0 Å². The van der Waals surface area contributed by atoms with Crippen molar-refractivity contribution < 1.29 is 9.47 Å². The summed E-state index contributed by atoms with van der Waals surface area (Å²) in [5.41, 5.74) is -0.181. The Balaban J connectivity index is 2.73. The smallest absolute Gasteiger partial charge is 0.345 e. The molecule has 0 saturated heterocycles. The molecule has 0 aliphatic heterocycles. The zero-order valence-corrected chi connectivity index (χ0v) is 7.93. The normalized spacial score (nSPS) is 11.1. The summed E-state index contributed by atoms with van der Waals surface area (Å²) >= 11 is 0. The molecule has 74 valence electrons. The Kier molecular flexibility index (Phi) is 3.21. The van der Waals surface area contributed by atoms with E-state index >= 15 is 0 Å². The molecule has 0 aliphatic rings. The second kappa shape index (κ2) is 4.20. The second-order valence-corrected chi connectivity index (χ2v) is 2.61. The first-order valence-corrected chi connectivity index (χ1v) is 3.83. The Bertz CT molecular complexity index is 313. The first-order valence-electron chi connectivity index (χ1n) is 3.83. The van der Waals surface area contributed by atoms with E-state index in [9.17, 15) is 4.79 Å². The van der Waals surface area contributed by atoms with Gasteiger partial charge >= 0.3 is 5.69 Å². The first-order chi connectivity index (χ1) is 6.19. The molecule has 0 amide bonds. The minimum absolute atomic E-state index is 0.181. The van der Waals surface area contributed by atoms with E-state index in [1.165, 1.54) is 29.8 Å². The maximum Gasteiger partial charge on any atom is 0.345 e. The van der Waals surface area contributed by atoms with E-state index in [2.05, 4.69) is 5.10 Å². The average Bonchev–Trinajstić information content (AvgIpc) is 2.45. The van der Waals surface area contributed by atoms with Crippen LogP contribution in [0.3, 0.4) is 0 Å². The van der Waals surface area contributed by atoms with Crippen LogP contribution in [0.15, 0.2) is 11.1 Å². The number of methoxy groups -OCH3 is 2. The second-order valence-electron chi connectivity index (χ2n) is 2.61. The third kappa shape index (κ3) is 2.16. The van der Waals surface area contributed by atoms with Crippen LogP contribution in [-0.4, -0.2) is 34.9 Å². The highest BCUT2D eigenvalue weighted by atomic mass is 16.7. The van der Waals surface area contributed by atoms with Crippen molar-refractivity contribution in [3.05, 3.63) is 16.8 Å². The lowest BCUT2D eigenvalue weighted by Crippen LogP contribution is -2.30. The fourth-order valence-corrected chi connectivity index (χ4v) is 0.932. The summed E-state index contributed by atoms with van der Waals surface area (Å²) in [6.45, 7) is 0.298. The van der Waals surface area contributed by atoms with Crippen LogP contribution >= 0.6 is 0 Å². The SMILES string of the molecule is COC(Cn1ncn(C)c1=O)OC. The van der Waals surface area contributed by atoms with Crippen LogP contribution in [0.2, 0.25) is 0 Å². The molecule has 0 aliphatic carbocycles. The highest BCUT2D eigenvalue weighted by Crippen LogP contribution is 1.92. The van der Waals surface area contributed by atoms with Crippen molar-refractivity contribution in [1.82, 2.24) is 14.3 Å². The van der Waals surface area contributed by atoms with Gasteiger partial charge in [0.15, 0.2) is 6.29 Å². The molecule has 0 spiro atoms. The summed E-state index contributed by atoms with van der Waals surface area (Å²) in [6.07, 6.45) is 1.01. The number of rotatable bonds is 4. The molecule has 1 heterocycles. The quantitative estimate of drug-likeness (QED) is 0.579. The van der Waals surface area contributed by atoms with Gasteiger partial charge < -0.3 is 9.47 Å². The van der Waals surface area contributed by atoms with Gasteiger partial charge in [-0.1, -0.05) is 0 Å². The van der Waals surface area contributed by atoms with Gasteiger partial charge in [0, 0.05) is 21.3 Å². The van der Waals surface area contributed by atoms with Crippen molar-refractivity contribution in [1.29, 1.82) is 0 Å². The van der Waals surface area contributed by atoms with Gasteiger partial charge in [0.05, 0.1) is 6.54 Å². The van der Waals surface area contributed by atoms with Crippen LogP contribution in [0, 0.1) is 0 Å². The number of hydrogen-bond acceptors (Lipinski definition) is 4. The maximum atomic E-state index is 11.3. The largest absolute Gasteiger partial charge is 0.354 e. The number of aromatic nitrogens is 3. The lowest BCUT2D eigenvalue weighted by atomic mass is 10.6. The highest BCUT2D eigenvalue weighted by Gasteiger charge is 2.09. The van der Waals surface area contributed by atoms with Crippen molar-refractivity contribution in [3.8, 4) is 0 Å². The van der Waals surface area contributed by atoms with Crippen molar-refractivity contribution in [3.63, 3.8) is 0 Å². The third-order valence-electron chi connectivity index (χ3n) is 1.73. The Hall–Kier alpha value is -1.14. The maximum absolute atomic E-state index is 11.3. The van der Waals surface area contributed by atoms with Gasteiger partial charge in [-0.3, -0.25) is 4.57 Å². The monoisotopic (exact) mass is 187 g/mol. The van der Waals surface area contributed by atoms with Crippen molar-refractivity contribution in [2.24, 2.45) is 7.05 Å². The summed E-state index contributed by atoms with van der Waals surface area (Å²) in [7, 11) is 4.67. The summed E-state index contributed by atoms with van der Waals surface area (Å²) in [6, 6.07) is 0. The molecule has 1 rings (SSSR count). The molecule has 0 atom stereocenters. The van der Waals surface area contributed by atoms with Crippen LogP contribution < -0.4 is 5.69 Å². The van der Waals surface area contributed by atoms with E-state index in [0.29, 0.717) is 6.54 Å². The lowest BCUT2D eigenvalue weighted by Gasteiger charge is -2.11. The molecule has 0 aromatic carbocycles. The van der Waals surface area contributed by atoms with Crippen LogP contribution in [0.5, 0.6) is 0 Å². The molecule has 0 fully saturated rings. The zero-order valence-electron chi connectivity index (χ0n) is 7.93. The fourth-order valence-electron chi connectivity index (χ4n) is 0.932. The Morgan fingerprint density at radius 2 is 2.15 bits per heavy atom. The van der Waals surface area contributed by atoms with Gasteiger partial charge in [-0.05, 0) is 0 Å². The van der Waals surface area contributed by atoms with Crippen LogP contribution in [0.25, 0.3) is 0 Å². The molecule has 13 heavy (non-hydrogen) atoms. The summed E-state index contributed by atoms with van der Waals surface area (Å²) in [4.78, 5) is 11.3. The fraction of sp³-hybridized carbons (Fsp3) is 0.714. The van der Waals surface area contributed by atoms with Crippen molar-refractivity contribution in [2.75, 3.05) is 14.2 Å². The minimum atomic E-state index is -0.437. The van der Waals surface area contributed by atoms with Gasteiger partial charge in [0.1, 0.15) is 6.33 Å². The van der Waals surface area contributed by atoms with E-state index in [1.807, 2.05) is 0 Å². The first kappa shape index (κ1) is 9.94. The molecule has 0 radical (unpaired) electrons. The van der Waals surface area contributed by atoms with Gasteiger partial charge in [-0.15, -0.1) is 0 Å². The number of nitrogens with zero attached hydrogens (tertiary/aromatic N) is 3. The number of ether oxygens (including phenoxy) is 2. The molecular weight excluding hydrogens is 174 g/mol. The lowest BCUT2D eigenvalue weighted by molar-refractivity contribution is -0.113. The number of hydrogen-bond donors (Lipinski definition) is 0. The Morgan fingerprint density at radius 1 is 1.54 bits per heavy atom. The molecule has 1 aromatic heterocycles. The molecule has 1 aromatic rings. The van der Waals surface area contributed by atoms with E-state index in [4.69, 9.17) is 9.47 Å². The summed E-state index contributed by atoms with van der Waals surface area (Å²) in [5.74, 6) is 0. The summed E-state index contributed by atoms with van der Waals surface area (Å²) in [5, 5.41) is 3.86. The van der Waals surface area contributed by atoms with Gasteiger partial charge in [-0.2, -0.15) is 5.10 Å². The van der Waals surface area contributed by atoms with Gasteiger partial charge in [-0.25, -0.2) is 9.48 Å². The predicted molar refractivity (Wildman–Crippen MR) is 45.3 cm³/mol. The van der Waals surface area contributed by atoms with Crippen LogP contribution in [0.1, 0.15) is 0 Å². The topological polar surface area (TPSA) is 58.3 Å². The predicted octanol–water partition coefficient (Wildman–Crippen LogP) is -0.799. The van der Waals surface area contributed by atoms with E-state index in [0.717, 1.165) is 0 Å².